The molecule has 0 aliphatic rings. The van der Waals surface area contributed by atoms with Crippen LogP contribution in [-0.2, 0) is 0 Å². The third kappa shape index (κ3) is 2.85. The molecular formula is C24H19N3O. The fourth-order valence-corrected chi connectivity index (χ4v) is 3.64. The minimum atomic E-state index is -0.115. The number of aromatic nitrogens is 2. The number of aryl methyl sites for hydroxylation is 1. The van der Waals surface area contributed by atoms with Crippen LogP contribution in [0.5, 0.6) is 0 Å². The number of hydrogen-bond acceptors (Lipinski definition) is 1. The van der Waals surface area contributed by atoms with E-state index in [4.69, 9.17) is 0 Å². The van der Waals surface area contributed by atoms with Crippen molar-refractivity contribution in [1.82, 2.24) is 9.55 Å². The summed E-state index contributed by atoms with van der Waals surface area (Å²) in [5.74, 6) is -0.115. The van der Waals surface area contributed by atoms with Crippen molar-refractivity contribution in [3.8, 4) is 5.69 Å². The van der Waals surface area contributed by atoms with Gasteiger partial charge in [0.2, 0.25) is 0 Å². The Balaban J connectivity index is 1.39. The van der Waals surface area contributed by atoms with E-state index in [2.05, 4.69) is 39.1 Å². The van der Waals surface area contributed by atoms with E-state index in [1.165, 1.54) is 5.39 Å². The van der Waals surface area contributed by atoms with E-state index in [1.54, 1.807) is 0 Å². The van der Waals surface area contributed by atoms with E-state index in [0.29, 0.717) is 5.56 Å². The zero-order valence-corrected chi connectivity index (χ0v) is 15.4. The number of fused-ring (bicyclic) bond motifs is 2. The Labute approximate surface area is 162 Å². The highest BCUT2D eigenvalue weighted by Crippen LogP contribution is 2.22. The van der Waals surface area contributed by atoms with Crippen molar-refractivity contribution in [2.45, 2.75) is 6.92 Å². The summed E-state index contributed by atoms with van der Waals surface area (Å²) < 4.78 is 2.12. The summed E-state index contributed by atoms with van der Waals surface area (Å²) in [5.41, 5.74) is 5.77. The first-order valence-corrected chi connectivity index (χ1v) is 9.25. The molecule has 2 heterocycles. The molecule has 0 saturated heterocycles. The second-order valence-corrected chi connectivity index (χ2v) is 7.00. The fourth-order valence-electron chi connectivity index (χ4n) is 3.64. The van der Waals surface area contributed by atoms with Crippen molar-refractivity contribution < 1.29 is 4.79 Å². The molecule has 0 saturated carbocycles. The summed E-state index contributed by atoms with van der Waals surface area (Å²) in [6, 6.07) is 26.0. The average Bonchev–Trinajstić information content (AvgIpc) is 3.30. The first-order valence-electron chi connectivity index (χ1n) is 9.25. The van der Waals surface area contributed by atoms with Crippen LogP contribution in [0.25, 0.3) is 27.5 Å². The number of hydrogen-bond donors (Lipinski definition) is 2. The van der Waals surface area contributed by atoms with Crippen LogP contribution in [0.2, 0.25) is 0 Å². The van der Waals surface area contributed by atoms with E-state index in [0.717, 1.165) is 33.5 Å². The van der Waals surface area contributed by atoms with Gasteiger partial charge in [-0.25, -0.2) is 0 Å². The summed E-state index contributed by atoms with van der Waals surface area (Å²) in [6.07, 6.45) is 2.05. The number of nitrogens with zero attached hydrogens (tertiary/aromatic N) is 1. The molecule has 2 aromatic heterocycles. The van der Waals surface area contributed by atoms with Crippen molar-refractivity contribution >= 4 is 33.4 Å². The van der Waals surface area contributed by atoms with Gasteiger partial charge in [0.15, 0.2) is 0 Å². The quantitative estimate of drug-likeness (QED) is 0.425. The lowest BCUT2D eigenvalue weighted by molar-refractivity contribution is 0.102. The minimum absolute atomic E-state index is 0.115. The van der Waals surface area contributed by atoms with Gasteiger partial charge in [-0.05, 0) is 73.0 Å². The standard InChI is InChI=1S/C24H19N3O/c1-16-14-19-15-20(8-11-22(19)25-16)26-24(28)18-6-9-21(10-7-18)27-13-12-17-4-2-3-5-23(17)27/h2-15,25H,1H3,(H,26,28). The van der Waals surface area contributed by atoms with Crippen LogP contribution in [0.3, 0.4) is 0 Å². The molecule has 0 radical (unpaired) electrons. The molecule has 2 N–H and O–H groups in total. The second-order valence-electron chi connectivity index (χ2n) is 7.00. The maximum atomic E-state index is 12.6. The Morgan fingerprint density at radius 2 is 1.71 bits per heavy atom. The van der Waals surface area contributed by atoms with Gasteiger partial charge in [0.05, 0.1) is 5.52 Å². The lowest BCUT2D eigenvalue weighted by atomic mass is 10.1. The zero-order chi connectivity index (χ0) is 19.1. The number of carbonyl (C=O) groups is 1. The number of anilines is 1. The van der Waals surface area contributed by atoms with E-state index in [9.17, 15) is 4.79 Å². The summed E-state index contributed by atoms with van der Waals surface area (Å²) in [5, 5.41) is 5.27. The smallest absolute Gasteiger partial charge is 0.255 e. The van der Waals surface area contributed by atoms with Crippen LogP contribution in [-0.4, -0.2) is 15.5 Å². The third-order valence-corrected chi connectivity index (χ3v) is 5.02. The normalized spacial score (nSPS) is 11.2. The SMILES string of the molecule is Cc1cc2cc(NC(=O)c3ccc(-n4ccc5ccccc54)cc3)ccc2[nH]1. The number of rotatable bonds is 3. The molecule has 4 nitrogen and oxygen atoms in total. The number of benzene rings is 3. The molecule has 0 unspecified atom stereocenters. The van der Waals surface area contributed by atoms with Gasteiger partial charge in [-0.15, -0.1) is 0 Å². The Morgan fingerprint density at radius 3 is 2.57 bits per heavy atom. The van der Waals surface area contributed by atoms with Gasteiger partial charge in [-0.3, -0.25) is 4.79 Å². The van der Waals surface area contributed by atoms with Gasteiger partial charge >= 0.3 is 0 Å². The predicted molar refractivity (Wildman–Crippen MR) is 114 cm³/mol. The fraction of sp³-hybridized carbons (Fsp3) is 0.0417. The molecule has 0 aliphatic heterocycles. The van der Waals surface area contributed by atoms with Gasteiger partial charge in [0.25, 0.3) is 5.91 Å². The van der Waals surface area contributed by atoms with Crippen molar-refractivity contribution in [2.75, 3.05) is 5.32 Å². The van der Waals surface area contributed by atoms with E-state index in [-0.39, 0.29) is 5.91 Å². The van der Waals surface area contributed by atoms with E-state index in [1.807, 2.05) is 67.7 Å². The Bertz CT molecular complexity index is 1310. The van der Waals surface area contributed by atoms with Crippen LogP contribution in [0.15, 0.2) is 85.1 Å². The summed E-state index contributed by atoms with van der Waals surface area (Å²) >= 11 is 0. The van der Waals surface area contributed by atoms with Gasteiger partial charge in [0, 0.05) is 39.7 Å². The highest BCUT2D eigenvalue weighted by molar-refractivity contribution is 6.05. The lowest BCUT2D eigenvalue weighted by Crippen LogP contribution is -2.11. The third-order valence-electron chi connectivity index (χ3n) is 5.02. The van der Waals surface area contributed by atoms with Gasteiger partial charge < -0.3 is 14.9 Å². The van der Waals surface area contributed by atoms with Gasteiger partial charge in [-0.2, -0.15) is 0 Å². The maximum absolute atomic E-state index is 12.6. The second kappa shape index (κ2) is 6.43. The first kappa shape index (κ1) is 16.4. The van der Waals surface area contributed by atoms with Crippen LogP contribution in [0.4, 0.5) is 5.69 Å². The van der Waals surface area contributed by atoms with Crippen LogP contribution in [0, 0.1) is 6.92 Å². The van der Waals surface area contributed by atoms with E-state index < -0.39 is 0 Å². The van der Waals surface area contributed by atoms with Crippen molar-refractivity contribution in [3.63, 3.8) is 0 Å². The molecule has 1 amide bonds. The maximum Gasteiger partial charge on any atom is 0.255 e. The molecule has 3 aromatic carbocycles. The van der Waals surface area contributed by atoms with Crippen LogP contribution < -0.4 is 5.32 Å². The topological polar surface area (TPSA) is 49.8 Å². The number of aromatic amines is 1. The first-order chi connectivity index (χ1) is 13.7. The number of nitrogens with one attached hydrogen (secondary N) is 2. The molecule has 0 atom stereocenters. The molecule has 136 valence electrons. The summed E-state index contributed by atoms with van der Waals surface area (Å²) in [7, 11) is 0. The van der Waals surface area contributed by atoms with Crippen LogP contribution >= 0.6 is 0 Å². The monoisotopic (exact) mass is 365 g/mol. The number of H-pyrrole nitrogens is 1. The summed E-state index contributed by atoms with van der Waals surface area (Å²) in [4.78, 5) is 15.9. The predicted octanol–water partition coefficient (Wildman–Crippen LogP) is 5.67. The number of carbonyl (C=O) groups excluding carboxylic acids is 1. The molecule has 0 fully saturated rings. The largest absolute Gasteiger partial charge is 0.359 e. The highest BCUT2D eigenvalue weighted by Gasteiger charge is 2.09. The molecule has 28 heavy (non-hydrogen) atoms. The Morgan fingerprint density at radius 1 is 0.893 bits per heavy atom. The minimum Gasteiger partial charge on any atom is -0.359 e. The zero-order valence-electron chi connectivity index (χ0n) is 15.4. The molecule has 0 aliphatic carbocycles. The van der Waals surface area contributed by atoms with Gasteiger partial charge in [-0.1, -0.05) is 18.2 Å². The number of para-hydroxylation sites is 1. The molecule has 0 spiro atoms. The molecular weight excluding hydrogens is 346 g/mol. The molecule has 4 heteroatoms. The van der Waals surface area contributed by atoms with Crippen molar-refractivity contribution in [1.29, 1.82) is 0 Å². The Kier molecular flexibility index (Phi) is 3.76. The Hall–Kier alpha value is -3.79. The van der Waals surface area contributed by atoms with Crippen molar-refractivity contribution in [2.24, 2.45) is 0 Å². The molecule has 5 aromatic rings. The van der Waals surface area contributed by atoms with E-state index >= 15 is 0 Å². The average molecular weight is 365 g/mol. The molecule has 5 rings (SSSR count). The lowest BCUT2D eigenvalue weighted by Gasteiger charge is -2.08. The molecule has 0 bridgehead atoms. The number of amides is 1. The highest BCUT2D eigenvalue weighted by atomic mass is 16.1. The van der Waals surface area contributed by atoms with Gasteiger partial charge in [0.1, 0.15) is 0 Å². The van der Waals surface area contributed by atoms with Crippen LogP contribution in [0.1, 0.15) is 16.1 Å². The summed E-state index contributed by atoms with van der Waals surface area (Å²) in [6.45, 7) is 2.02. The van der Waals surface area contributed by atoms with Crippen molar-refractivity contribution in [3.05, 3.63) is 96.3 Å².